The van der Waals surface area contributed by atoms with Crippen molar-refractivity contribution in [1.82, 2.24) is 21.0 Å². The lowest BCUT2D eigenvalue weighted by molar-refractivity contribution is -0.135. The molecule has 2 aliphatic heterocycles. The van der Waals surface area contributed by atoms with Gasteiger partial charge in [0.25, 0.3) is 5.91 Å². The van der Waals surface area contributed by atoms with Crippen LogP contribution in [0.3, 0.4) is 0 Å². The number of carbonyl (C=O) groups is 3. The summed E-state index contributed by atoms with van der Waals surface area (Å²) in [5, 5.41) is 6.63. The van der Waals surface area contributed by atoms with Crippen LogP contribution < -0.4 is 16.1 Å². The fourth-order valence-corrected chi connectivity index (χ4v) is 7.50. The summed E-state index contributed by atoms with van der Waals surface area (Å²) in [5.41, 5.74) is 7.94. The highest BCUT2D eigenvalue weighted by molar-refractivity contribution is 6.30. The lowest BCUT2D eigenvalue weighted by Crippen LogP contribution is -2.55. The first kappa shape index (κ1) is 33.1. The monoisotopic (exact) mass is 684 g/mol. The van der Waals surface area contributed by atoms with Gasteiger partial charge in [-0.1, -0.05) is 85.6 Å². The Morgan fingerprint density at radius 1 is 1.04 bits per heavy atom. The molecule has 2 fully saturated rings. The van der Waals surface area contributed by atoms with Crippen molar-refractivity contribution in [2.75, 3.05) is 20.3 Å². The van der Waals surface area contributed by atoms with Gasteiger partial charge in [0.05, 0.1) is 18.3 Å². The average molecular weight is 685 g/mol. The molecule has 0 aromatic heterocycles. The summed E-state index contributed by atoms with van der Waals surface area (Å²) < 4.78 is 11.7. The normalized spacial score (nSPS) is 22.1. The molecule has 1 spiro atoms. The fraction of sp³-hybridized carbons (Fsp3) is 0.395. The molecule has 1 unspecified atom stereocenters. The van der Waals surface area contributed by atoms with Gasteiger partial charge in [0, 0.05) is 36.1 Å². The number of nitrogens with zero attached hydrogens (tertiary/aromatic N) is 1. The highest BCUT2D eigenvalue weighted by Gasteiger charge is 2.53. The van der Waals surface area contributed by atoms with E-state index in [0.717, 1.165) is 40.7 Å². The maximum absolute atomic E-state index is 14.2. The van der Waals surface area contributed by atoms with E-state index in [1.807, 2.05) is 55.5 Å². The van der Waals surface area contributed by atoms with Crippen LogP contribution in [0.25, 0.3) is 16.8 Å². The molecule has 1 saturated carbocycles. The van der Waals surface area contributed by atoms with E-state index in [0.29, 0.717) is 23.6 Å². The van der Waals surface area contributed by atoms with Crippen molar-refractivity contribution in [3.8, 4) is 11.1 Å². The van der Waals surface area contributed by atoms with Gasteiger partial charge < -0.3 is 20.1 Å². The number of benzene rings is 3. The van der Waals surface area contributed by atoms with Crippen molar-refractivity contribution in [3.63, 3.8) is 0 Å². The molecule has 0 radical (unpaired) electrons. The van der Waals surface area contributed by atoms with Gasteiger partial charge in [0.1, 0.15) is 18.2 Å². The Labute approximate surface area is 291 Å². The number of ether oxygens (including phenoxy) is 2. The maximum atomic E-state index is 14.2. The SMILES string of the molecule is CCC[C@@H](NC(=O)[C@@H]1C[C@]2(C=C(c3cccc(Cl)c3)NO2)CN1C(=O)OCC1c2ccccc2-c2ccccc21)C(OC)C(=O)NC1CC1. The average Bonchev–Trinajstić information content (AvgIpc) is 3.56. The number of hydrogen-bond donors (Lipinski definition) is 3. The first-order chi connectivity index (χ1) is 23.8. The number of hydroxylamine groups is 1. The van der Waals surface area contributed by atoms with E-state index in [2.05, 4.69) is 40.4 Å². The summed E-state index contributed by atoms with van der Waals surface area (Å²) in [4.78, 5) is 48.9. The summed E-state index contributed by atoms with van der Waals surface area (Å²) >= 11 is 6.26. The molecular weight excluding hydrogens is 644 g/mol. The number of amides is 3. The molecule has 4 aliphatic rings. The third-order valence-electron chi connectivity index (χ3n) is 9.86. The first-order valence-corrected chi connectivity index (χ1v) is 17.3. The number of fused-ring (bicyclic) bond motifs is 3. The molecule has 1 saturated heterocycles. The summed E-state index contributed by atoms with van der Waals surface area (Å²) in [7, 11) is 1.47. The van der Waals surface area contributed by atoms with E-state index in [4.69, 9.17) is 25.9 Å². The number of carbonyl (C=O) groups excluding carboxylic acids is 3. The number of likely N-dealkylation sites (tertiary alicyclic amines) is 1. The molecule has 4 atom stereocenters. The first-order valence-electron chi connectivity index (χ1n) is 17.0. The van der Waals surface area contributed by atoms with Gasteiger partial charge in [-0.2, -0.15) is 0 Å². The number of rotatable bonds is 11. The second-order valence-corrected chi connectivity index (χ2v) is 13.8. The van der Waals surface area contributed by atoms with Crippen molar-refractivity contribution >= 4 is 35.2 Å². The minimum Gasteiger partial charge on any atom is -0.448 e. The van der Waals surface area contributed by atoms with Crippen LogP contribution in [0.4, 0.5) is 4.79 Å². The Morgan fingerprint density at radius 2 is 1.76 bits per heavy atom. The molecule has 0 bridgehead atoms. The summed E-state index contributed by atoms with van der Waals surface area (Å²) in [5.74, 6) is -0.795. The van der Waals surface area contributed by atoms with E-state index in [1.54, 1.807) is 6.07 Å². The molecule has 256 valence electrons. The lowest BCUT2D eigenvalue weighted by atomic mass is 9.97. The van der Waals surface area contributed by atoms with E-state index < -0.39 is 35.8 Å². The Hall–Kier alpha value is -4.38. The quantitative estimate of drug-likeness (QED) is 0.242. The number of hydrogen-bond acceptors (Lipinski definition) is 7. The third kappa shape index (κ3) is 6.77. The van der Waals surface area contributed by atoms with Crippen LogP contribution in [0.5, 0.6) is 0 Å². The molecule has 10 nitrogen and oxygen atoms in total. The zero-order valence-electron chi connectivity index (χ0n) is 27.6. The molecule has 7 rings (SSSR count). The summed E-state index contributed by atoms with van der Waals surface area (Å²) in [6.45, 7) is 2.17. The predicted molar refractivity (Wildman–Crippen MR) is 185 cm³/mol. The van der Waals surface area contributed by atoms with Crippen molar-refractivity contribution in [1.29, 1.82) is 0 Å². The summed E-state index contributed by atoms with van der Waals surface area (Å²) in [6, 6.07) is 22.3. The number of nitrogens with one attached hydrogen (secondary N) is 3. The minimum absolute atomic E-state index is 0.0765. The van der Waals surface area contributed by atoms with E-state index in [9.17, 15) is 14.4 Å². The Kier molecular flexibility index (Phi) is 9.37. The van der Waals surface area contributed by atoms with Crippen LogP contribution in [0, 0.1) is 0 Å². The minimum atomic E-state index is -1.00. The zero-order chi connectivity index (χ0) is 34.1. The molecule has 3 aromatic rings. The predicted octanol–water partition coefficient (Wildman–Crippen LogP) is 5.56. The molecule has 3 N–H and O–H groups in total. The van der Waals surface area contributed by atoms with Crippen LogP contribution in [-0.4, -0.2) is 72.9 Å². The fourth-order valence-electron chi connectivity index (χ4n) is 7.31. The van der Waals surface area contributed by atoms with Crippen molar-refractivity contribution in [3.05, 3.63) is 101 Å². The second-order valence-electron chi connectivity index (χ2n) is 13.3. The standard InChI is InChI=1S/C38H41ClN4O6/c1-3-9-31(34(47-2)36(45)40-25-16-17-25)41-35(44)33-20-38(19-32(42-49-38)23-10-8-11-24(39)18-23)22-43(33)37(46)48-21-30-28-14-6-4-12-26(28)27-13-5-7-15-29(27)30/h4-8,10-15,18-19,25,30-31,33-34,42H,3,9,16-17,20-22H2,1-2H3,(H,40,45)(H,41,44)/t31-,33+,34?,38-/m1/s1. The molecular formula is C38H41ClN4O6. The molecule has 3 aromatic carbocycles. The number of methoxy groups -OCH3 is 1. The topological polar surface area (TPSA) is 118 Å². The van der Waals surface area contributed by atoms with Gasteiger partial charge in [-0.15, -0.1) is 0 Å². The van der Waals surface area contributed by atoms with Gasteiger partial charge in [0.2, 0.25) is 5.91 Å². The molecule has 11 heteroatoms. The van der Waals surface area contributed by atoms with Gasteiger partial charge in [-0.25, -0.2) is 4.79 Å². The Balaban J connectivity index is 1.13. The Morgan fingerprint density at radius 3 is 2.41 bits per heavy atom. The summed E-state index contributed by atoms with van der Waals surface area (Å²) in [6.07, 6.45) is 3.68. The molecule has 49 heavy (non-hydrogen) atoms. The largest absolute Gasteiger partial charge is 0.448 e. The lowest BCUT2D eigenvalue weighted by Gasteiger charge is -2.29. The van der Waals surface area contributed by atoms with Crippen LogP contribution in [-0.2, 0) is 23.9 Å². The maximum Gasteiger partial charge on any atom is 0.410 e. The van der Waals surface area contributed by atoms with E-state index >= 15 is 0 Å². The van der Waals surface area contributed by atoms with E-state index in [1.165, 1.54) is 12.0 Å². The van der Waals surface area contributed by atoms with Crippen LogP contribution in [0.2, 0.25) is 5.02 Å². The zero-order valence-corrected chi connectivity index (χ0v) is 28.4. The van der Waals surface area contributed by atoms with Gasteiger partial charge in [-0.3, -0.25) is 24.8 Å². The molecule has 2 heterocycles. The molecule has 2 aliphatic carbocycles. The van der Waals surface area contributed by atoms with Crippen LogP contribution in [0.15, 0.2) is 78.9 Å². The van der Waals surface area contributed by atoms with Gasteiger partial charge in [0.15, 0.2) is 6.10 Å². The number of halogens is 1. The van der Waals surface area contributed by atoms with Crippen molar-refractivity contribution in [2.24, 2.45) is 0 Å². The Bertz CT molecular complexity index is 1730. The van der Waals surface area contributed by atoms with Crippen LogP contribution in [0.1, 0.15) is 61.6 Å². The molecule has 3 amide bonds. The highest BCUT2D eigenvalue weighted by atomic mass is 35.5. The third-order valence-corrected chi connectivity index (χ3v) is 10.1. The van der Waals surface area contributed by atoms with Gasteiger partial charge >= 0.3 is 6.09 Å². The van der Waals surface area contributed by atoms with E-state index in [-0.39, 0.29) is 37.4 Å². The highest BCUT2D eigenvalue weighted by Crippen LogP contribution is 2.45. The van der Waals surface area contributed by atoms with Crippen LogP contribution >= 0.6 is 11.6 Å². The van der Waals surface area contributed by atoms with Gasteiger partial charge in [-0.05, 0) is 59.7 Å². The van der Waals surface area contributed by atoms with Crippen molar-refractivity contribution in [2.45, 2.75) is 74.8 Å². The smallest absolute Gasteiger partial charge is 0.410 e. The van der Waals surface area contributed by atoms with Crippen molar-refractivity contribution < 1.29 is 28.7 Å². The second kappa shape index (κ2) is 13.9.